The number of amides is 1. The molecule has 1 N–H and O–H groups in total. The quantitative estimate of drug-likeness (QED) is 0.547. The number of carbonyl (C=O) groups is 1. The third-order valence-electron chi connectivity index (χ3n) is 4.89. The summed E-state index contributed by atoms with van der Waals surface area (Å²) in [5.74, 6) is -0.222. The van der Waals surface area contributed by atoms with Gasteiger partial charge in [0.1, 0.15) is 0 Å². The first-order valence-electron chi connectivity index (χ1n) is 9.04. The van der Waals surface area contributed by atoms with Gasteiger partial charge in [0.15, 0.2) is 0 Å². The molecule has 0 unspecified atom stereocenters. The van der Waals surface area contributed by atoms with Crippen LogP contribution in [0.25, 0.3) is 5.69 Å². The van der Waals surface area contributed by atoms with Gasteiger partial charge in [-0.15, -0.1) is 0 Å². The number of benzene rings is 1. The normalized spacial score (nSPS) is 14.9. The van der Waals surface area contributed by atoms with Crippen molar-refractivity contribution in [3.05, 3.63) is 78.4 Å². The van der Waals surface area contributed by atoms with E-state index in [4.69, 9.17) is 0 Å². The van der Waals surface area contributed by atoms with Gasteiger partial charge in [0, 0.05) is 36.4 Å². The van der Waals surface area contributed by atoms with Crippen LogP contribution in [-0.2, 0) is 0 Å². The number of rotatable bonds is 5. The van der Waals surface area contributed by atoms with Crippen molar-refractivity contribution in [2.24, 2.45) is 5.10 Å². The van der Waals surface area contributed by atoms with E-state index in [2.05, 4.69) is 27.5 Å². The highest BCUT2D eigenvalue weighted by atomic mass is 16.2. The maximum atomic E-state index is 12.5. The third-order valence-corrected chi connectivity index (χ3v) is 4.89. The van der Waals surface area contributed by atoms with Gasteiger partial charge in [0.25, 0.3) is 5.91 Å². The summed E-state index contributed by atoms with van der Waals surface area (Å²) in [5, 5.41) is 4.13. The van der Waals surface area contributed by atoms with E-state index < -0.39 is 0 Å². The second-order valence-electron chi connectivity index (χ2n) is 6.64. The van der Waals surface area contributed by atoms with Crippen LogP contribution < -0.4 is 5.43 Å². The smallest absolute Gasteiger partial charge is 0.273 e. The Hall–Kier alpha value is -3.08. The molecule has 1 aliphatic rings. The Labute approximate surface area is 153 Å². The van der Waals surface area contributed by atoms with Crippen molar-refractivity contribution in [3.63, 3.8) is 0 Å². The number of carbonyl (C=O) groups excluding carboxylic acids is 1. The van der Waals surface area contributed by atoms with Gasteiger partial charge in [0.05, 0.1) is 17.5 Å². The Morgan fingerprint density at radius 2 is 1.81 bits per heavy atom. The van der Waals surface area contributed by atoms with E-state index in [9.17, 15) is 4.79 Å². The predicted molar refractivity (Wildman–Crippen MR) is 103 cm³/mol. The molecule has 0 radical (unpaired) electrons. The lowest BCUT2D eigenvalue weighted by Crippen LogP contribution is -2.19. The van der Waals surface area contributed by atoms with E-state index in [1.54, 1.807) is 12.3 Å². The van der Waals surface area contributed by atoms with Gasteiger partial charge in [-0.2, -0.15) is 5.10 Å². The zero-order valence-electron chi connectivity index (χ0n) is 14.6. The van der Waals surface area contributed by atoms with Gasteiger partial charge in [-0.3, -0.25) is 4.79 Å². The number of hydrogen-bond acceptors (Lipinski definition) is 2. The summed E-state index contributed by atoms with van der Waals surface area (Å²) < 4.78 is 4.18. The lowest BCUT2D eigenvalue weighted by atomic mass is 10.1. The Morgan fingerprint density at radius 3 is 2.62 bits per heavy atom. The molecule has 0 bridgehead atoms. The number of nitrogens with one attached hydrogen (secondary N) is 1. The van der Waals surface area contributed by atoms with Crippen LogP contribution in [0.2, 0.25) is 0 Å². The largest absolute Gasteiger partial charge is 0.351 e. The molecule has 1 aliphatic carbocycles. The summed E-state index contributed by atoms with van der Waals surface area (Å²) in [6.07, 6.45) is 14.8. The molecule has 5 heteroatoms. The van der Waals surface area contributed by atoms with Crippen molar-refractivity contribution >= 4 is 12.1 Å². The van der Waals surface area contributed by atoms with Gasteiger partial charge < -0.3 is 9.13 Å². The monoisotopic (exact) mass is 346 g/mol. The van der Waals surface area contributed by atoms with Gasteiger partial charge in [-0.1, -0.05) is 25.0 Å². The Balaban J connectivity index is 1.44. The van der Waals surface area contributed by atoms with Crippen LogP contribution in [0.1, 0.15) is 47.6 Å². The highest BCUT2D eigenvalue weighted by molar-refractivity contribution is 5.98. The molecule has 1 fully saturated rings. The van der Waals surface area contributed by atoms with Crippen LogP contribution in [0.15, 0.2) is 72.4 Å². The van der Waals surface area contributed by atoms with Crippen LogP contribution in [0.3, 0.4) is 0 Å². The average Bonchev–Trinajstić information content (AvgIpc) is 3.42. The van der Waals surface area contributed by atoms with Crippen molar-refractivity contribution in [2.75, 3.05) is 0 Å². The Morgan fingerprint density at radius 1 is 1.04 bits per heavy atom. The zero-order valence-corrected chi connectivity index (χ0v) is 14.6. The van der Waals surface area contributed by atoms with E-state index in [1.165, 1.54) is 25.7 Å². The summed E-state index contributed by atoms with van der Waals surface area (Å²) in [6.45, 7) is 0. The summed E-state index contributed by atoms with van der Waals surface area (Å²) in [5.41, 5.74) is 5.05. The molecule has 4 rings (SSSR count). The molecule has 2 aromatic heterocycles. The highest BCUT2D eigenvalue weighted by Crippen LogP contribution is 2.29. The molecule has 3 aromatic rings. The zero-order chi connectivity index (χ0) is 17.8. The molecule has 5 nitrogen and oxygen atoms in total. The first-order valence-corrected chi connectivity index (χ1v) is 9.04. The Kier molecular flexibility index (Phi) is 4.69. The highest BCUT2D eigenvalue weighted by Gasteiger charge is 2.16. The van der Waals surface area contributed by atoms with Gasteiger partial charge in [-0.05, 0) is 43.2 Å². The van der Waals surface area contributed by atoms with E-state index >= 15 is 0 Å². The van der Waals surface area contributed by atoms with E-state index in [0.29, 0.717) is 11.6 Å². The molecule has 2 heterocycles. The number of nitrogens with zero attached hydrogens (tertiary/aromatic N) is 3. The Bertz CT molecular complexity index is 902. The molecule has 0 spiro atoms. The molecule has 1 aromatic carbocycles. The van der Waals surface area contributed by atoms with Gasteiger partial charge in [-0.25, -0.2) is 5.43 Å². The van der Waals surface area contributed by atoms with Crippen molar-refractivity contribution in [3.8, 4) is 5.69 Å². The van der Waals surface area contributed by atoms with Crippen LogP contribution in [0, 0.1) is 0 Å². The fraction of sp³-hybridized carbons (Fsp3) is 0.238. The number of para-hydroxylation sites is 1. The molecular formula is C21H22N4O. The fourth-order valence-corrected chi connectivity index (χ4v) is 3.55. The van der Waals surface area contributed by atoms with Crippen LogP contribution in [0.5, 0.6) is 0 Å². The predicted octanol–water partition coefficient (Wildman–Crippen LogP) is 4.16. The second-order valence-corrected chi connectivity index (χ2v) is 6.64. The molecule has 0 atom stereocenters. The summed E-state index contributed by atoms with van der Waals surface area (Å²) >= 11 is 0. The van der Waals surface area contributed by atoms with Crippen molar-refractivity contribution in [1.82, 2.24) is 14.6 Å². The number of aromatic nitrogens is 2. The minimum absolute atomic E-state index is 0.222. The number of hydrogen-bond donors (Lipinski definition) is 1. The molecule has 0 aliphatic heterocycles. The SMILES string of the molecule is O=C(N/N=C\c1ccn(C2CCCC2)c1)c1ccccc1-n1cccc1. The first-order chi connectivity index (χ1) is 12.8. The summed E-state index contributed by atoms with van der Waals surface area (Å²) in [7, 11) is 0. The standard InChI is InChI=1S/C21H22N4O/c26-21(19-9-3-4-10-20(19)24-12-5-6-13-24)23-22-15-17-11-14-25(16-17)18-7-1-2-8-18/h3-6,9-16,18H,1-2,7-8H2,(H,23,26)/b22-15-. The maximum absolute atomic E-state index is 12.5. The fourth-order valence-electron chi connectivity index (χ4n) is 3.55. The minimum Gasteiger partial charge on any atom is -0.351 e. The molecular weight excluding hydrogens is 324 g/mol. The average molecular weight is 346 g/mol. The molecule has 0 saturated heterocycles. The van der Waals surface area contributed by atoms with Gasteiger partial charge >= 0.3 is 0 Å². The van der Waals surface area contributed by atoms with Crippen LogP contribution in [-0.4, -0.2) is 21.3 Å². The van der Waals surface area contributed by atoms with Crippen molar-refractivity contribution in [2.45, 2.75) is 31.7 Å². The molecule has 1 amide bonds. The van der Waals surface area contributed by atoms with Crippen molar-refractivity contribution in [1.29, 1.82) is 0 Å². The summed E-state index contributed by atoms with van der Waals surface area (Å²) in [6, 6.07) is 14.0. The van der Waals surface area contributed by atoms with Crippen LogP contribution >= 0.6 is 0 Å². The van der Waals surface area contributed by atoms with Crippen LogP contribution in [0.4, 0.5) is 0 Å². The topological polar surface area (TPSA) is 51.3 Å². The van der Waals surface area contributed by atoms with E-state index in [0.717, 1.165) is 11.3 Å². The number of hydrazone groups is 1. The molecule has 26 heavy (non-hydrogen) atoms. The lowest BCUT2D eigenvalue weighted by Gasteiger charge is -2.10. The third kappa shape index (κ3) is 3.47. The minimum atomic E-state index is -0.222. The molecule has 1 saturated carbocycles. The lowest BCUT2D eigenvalue weighted by molar-refractivity contribution is 0.0955. The van der Waals surface area contributed by atoms with E-state index in [1.807, 2.05) is 53.4 Å². The van der Waals surface area contributed by atoms with Gasteiger partial charge in [0.2, 0.25) is 0 Å². The maximum Gasteiger partial charge on any atom is 0.273 e. The van der Waals surface area contributed by atoms with E-state index in [-0.39, 0.29) is 5.91 Å². The van der Waals surface area contributed by atoms with Crippen molar-refractivity contribution < 1.29 is 4.79 Å². The second kappa shape index (κ2) is 7.44. The summed E-state index contributed by atoms with van der Waals surface area (Å²) in [4.78, 5) is 12.5. The first kappa shape index (κ1) is 16.4. The molecule has 132 valence electrons.